The first kappa shape index (κ1) is 26.5. The van der Waals surface area contributed by atoms with E-state index in [1.807, 2.05) is 0 Å². The molecule has 196 valence electrons. The monoisotopic (exact) mass is 524 g/mol. The molecule has 0 bridgehead atoms. The Bertz CT molecular complexity index is 1540. The summed E-state index contributed by atoms with van der Waals surface area (Å²) in [4.78, 5) is 40.1. The van der Waals surface area contributed by atoms with Crippen LogP contribution < -0.4 is 16.0 Å². The van der Waals surface area contributed by atoms with E-state index in [0.29, 0.717) is 16.9 Å². The Labute approximate surface area is 224 Å². The molecule has 39 heavy (non-hydrogen) atoms. The number of phenolic OH excluding ortho intramolecular Hbond substituents is 1. The first-order valence-electron chi connectivity index (χ1n) is 11.7. The first-order valence-corrected chi connectivity index (χ1v) is 11.7. The SMILES string of the molecule is COC(=O)C1=C(C(=O)OC)N(c2ccc(NC(=O)c3ccccc3O)cc2)C(N)=C(C#N)C1c1ccccc1. The van der Waals surface area contributed by atoms with Crippen LogP contribution in [-0.2, 0) is 19.1 Å². The van der Waals surface area contributed by atoms with Crippen molar-refractivity contribution in [3.05, 3.63) is 113 Å². The minimum atomic E-state index is -0.980. The van der Waals surface area contributed by atoms with Gasteiger partial charge in [-0.15, -0.1) is 0 Å². The number of amides is 1. The summed E-state index contributed by atoms with van der Waals surface area (Å²) in [6.07, 6.45) is 0. The van der Waals surface area contributed by atoms with Gasteiger partial charge < -0.3 is 25.6 Å². The molecule has 1 aliphatic rings. The molecule has 0 aromatic heterocycles. The van der Waals surface area contributed by atoms with E-state index in [1.54, 1.807) is 66.7 Å². The van der Waals surface area contributed by atoms with E-state index in [2.05, 4.69) is 11.4 Å². The topological polar surface area (TPSA) is 155 Å². The normalized spacial score (nSPS) is 14.9. The Morgan fingerprint density at radius 3 is 2.13 bits per heavy atom. The van der Waals surface area contributed by atoms with Gasteiger partial charge in [0.25, 0.3) is 5.91 Å². The molecule has 10 nitrogen and oxygen atoms in total. The number of aromatic hydroxyl groups is 1. The van der Waals surface area contributed by atoms with Crippen molar-refractivity contribution >= 4 is 29.2 Å². The second-order valence-corrected chi connectivity index (χ2v) is 8.35. The molecule has 1 aliphatic heterocycles. The number of benzene rings is 3. The number of hydrogen-bond donors (Lipinski definition) is 3. The average molecular weight is 525 g/mol. The number of nitriles is 1. The number of nitrogens with one attached hydrogen (secondary N) is 1. The number of carbonyl (C=O) groups is 3. The smallest absolute Gasteiger partial charge is 0.355 e. The van der Waals surface area contributed by atoms with Crippen molar-refractivity contribution in [1.82, 2.24) is 0 Å². The van der Waals surface area contributed by atoms with Gasteiger partial charge >= 0.3 is 11.9 Å². The second kappa shape index (κ2) is 11.2. The molecule has 1 heterocycles. The highest BCUT2D eigenvalue weighted by atomic mass is 16.5. The van der Waals surface area contributed by atoms with Crippen LogP contribution in [0.15, 0.2) is 102 Å². The van der Waals surface area contributed by atoms with Crippen LogP contribution in [0.5, 0.6) is 5.75 Å². The van der Waals surface area contributed by atoms with E-state index in [9.17, 15) is 24.8 Å². The van der Waals surface area contributed by atoms with E-state index < -0.39 is 23.8 Å². The standard InChI is InChI=1S/C29H24N4O6/c1-38-28(36)24-23(17-8-4-3-5-9-17)21(16-30)26(31)33(25(24)29(37)39-2)19-14-12-18(13-15-19)32-27(35)20-10-6-7-11-22(20)34/h3-15,23,34H,31H2,1-2H3,(H,32,35). The van der Waals surface area contributed by atoms with Gasteiger partial charge in [0, 0.05) is 11.4 Å². The highest BCUT2D eigenvalue weighted by Gasteiger charge is 2.42. The Kier molecular flexibility index (Phi) is 7.63. The van der Waals surface area contributed by atoms with Crippen LogP contribution in [0.3, 0.4) is 0 Å². The molecule has 1 amide bonds. The molecule has 10 heteroatoms. The Balaban J connectivity index is 1.82. The van der Waals surface area contributed by atoms with Crippen molar-refractivity contribution in [3.63, 3.8) is 0 Å². The lowest BCUT2D eigenvalue weighted by atomic mass is 9.81. The Morgan fingerprint density at radius 1 is 0.923 bits per heavy atom. The molecule has 1 unspecified atom stereocenters. The van der Waals surface area contributed by atoms with Crippen LogP contribution in [0.2, 0.25) is 0 Å². The van der Waals surface area contributed by atoms with Gasteiger partial charge in [-0.25, -0.2) is 9.59 Å². The zero-order valence-electron chi connectivity index (χ0n) is 21.0. The summed E-state index contributed by atoms with van der Waals surface area (Å²) in [5.74, 6) is -3.46. The zero-order chi connectivity index (χ0) is 28.1. The van der Waals surface area contributed by atoms with Gasteiger partial charge in [-0.2, -0.15) is 5.26 Å². The number of carbonyl (C=O) groups excluding carboxylic acids is 3. The summed E-state index contributed by atoms with van der Waals surface area (Å²) in [7, 11) is 2.34. The van der Waals surface area contributed by atoms with Crippen molar-refractivity contribution in [1.29, 1.82) is 5.26 Å². The molecule has 4 rings (SSSR count). The summed E-state index contributed by atoms with van der Waals surface area (Å²) in [5, 5.41) is 22.7. The minimum absolute atomic E-state index is 0.0335. The van der Waals surface area contributed by atoms with Crippen LogP contribution >= 0.6 is 0 Å². The van der Waals surface area contributed by atoms with Crippen LogP contribution in [0.4, 0.5) is 11.4 Å². The molecule has 1 atom stereocenters. The quantitative estimate of drug-likeness (QED) is 0.411. The molecule has 0 spiro atoms. The van der Waals surface area contributed by atoms with Gasteiger partial charge in [-0.1, -0.05) is 42.5 Å². The maximum absolute atomic E-state index is 13.1. The third-order valence-corrected chi connectivity index (χ3v) is 6.14. The van der Waals surface area contributed by atoms with Crippen molar-refractivity contribution < 1.29 is 29.0 Å². The average Bonchev–Trinajstić information content (AvgIpc) is 2.96. The summed E-state index contributed by atoms with van der Waals surface area (Å²) in [6.45, 7) is 0. The van der Waals surface area contributed by atoms with Crippen molar-refractivity contribution in [2.75, 3.05) is 24.4 Å². The van der Waals surface area contributed by atoms with Crippen LogP contribution in [0, 0.1) is 11.3 Å². The minimum Gasteiger partial charge on any atom is -0.507 e. The maximum Gasteiger partial charge on any atom is 0.355 e. The van der Waals surface area contributed by atoms with Gasteiger partial charge in [-0.05, 0) is 42.0 Å². The number of ether oxygens (including phenoxy) is 2. The number of esters is 2. The second-order valence-electron chi connectivity index (χ2n) is 8.35. The highest BCUT2D eigenvalue weighted by molar-refractivity contribution is 6.07. The van der Waals surface area contributed by atoms with Crippen molar-refractivity contribution in [3.8, 4) is 11.8 Å². The molecule has 0 saturated heterocycles. The number of rotatable bonds is 6. The van der Waals surface area contributed by atoms with Crippen LogP contribution in [0.25, 0.3) is 0 Å². The third kappa shape index (κ3) is 5.01. The number of nitrogens with zero attached hydrogens (tertiary/aromatic N) is 2. The van der Waals surface area contributed by atoms with E-state index in [4.69, 9.17) is 15.2 Å². The lowest BCUT2D eigenvalue weighted by molar-refractivity contribution is -0.139. The summed E-state index contributed by atoms with van der Waals surface area (Å²) in [6, 6.07) is 23.0. The van der Waals surface area contributed by atoms with E-state index in [1.165, 1.54) is 24.1 Å². The number of allylic oxidation sites excluding steroid dienone is 1. The first-order chi connectivity index (χ1) is 18.8. The lowest BCUT2D eigenvalue weighted by Crippen LogP contribution is -2.40. The molecule has 4 N–H and O–H groups in total. The molecule has 3 aromatic carbocycles. The predicted molar refractivity (Wildman–Crippen MR) is 142 cm³/mol. The number of hydrogen-bond acceptors (Lipinski definition) is 9. The summed E-state index contributed by atoms with van der Waals surface area (Å²) in [5.41, 5.74) is 7.54. The number of para-hydroxylation sites is 1. The largest absolute Gasteiger partial charge is 0.507 e. The number of nitrogens with two attached hydrogens (primary N) is 1. The van der Waals surface area contributed by atoms with Crippen LogP contribution in [0.1, 0.15) is 21.8 Å². The highest BCUT2D eigenvalue weighted by Crippen LogP contribution is 2.43. The zero-order valence-corrected chi connectivity index (χ0v) is 21.0. The van der Waals surface area contributed by atoms with Gasteiger partial charge in [0.1, 0.15) is 17.3 Å². The maximum atomic E-state index is 13.1. The molecule has 0 saturated carbocycles. The van der Waals surface area contributed by atoms with Gasteiger partial charge in [0.2, 0.25) is 0 Å². The lowest BCUT2D eigenvalue weighted by Gasteiger charge is -2.35. The molecule has 0 aliphatic carbocycles. The van der Waals surface area contributed by atoms with Gasteiger partial charge in [0.05, 0.1) is 42.9 Å². The summed E-state index contributed by atoms with van der Waals surface area (Å²) >= 11 is 0. The van der Waals surface area contributed by atoms with Gasteiger partial charge in [0.15, 0.2) is 0 Å². The number of phenols is 1. The van der Waals surface area contributed by atoms with Crippen LogP contribution in [-0.4, -0.2) is 37.2 Å². The fourth-order valence-corrected chi connectivity index (χ4v) is 4.34. The van der Waals surface area contributed by atoms with E-state index >= 15 is 0 Å². The molecular formula is C29H24N4O6. The van der Waals surface area contributed by atoms with Gasteiger partial charge in [-0.3, -0.25) is 9.69 Å². The Hall–Kier alpha value is -5.56. The molecule has 0 fully saturated rings. The van der Waals surface area contributed by atoms with Crippen molar-refractivity contribution in [2.45, 2.75) is 5.92 Å². The van der Waals surface area contributed by atoms with E-state index in [-0.39, 0.29) is 34.0 Å². The van der Waals surface area contributed by atoms with Crippen molar-refractivity contribution in [2.24, 2.45) is 5.73 Å². The number of anilines is 2. The fraction of sp³-hybridized carbons (Fsp3) is 0.103. The Morgan fingerprint density at radius 2 is 1.54 bits per heavy atom. The van der Waals surface area contributed by atoms with E-state index in [0.717, 1.165) is 7.11 Å². The molecular weight excluding hydrogens is 500 g/mol. The number of methoxy groups -OCH3 is 2. The predicted octanol–water partition coefficient (Wildman–Crippen LogP) is 3.54. The molecule has 3 aromatic rings. The summed E-state index contributed by atoms with van der Waals surface area (Å²) < 4.78 is 10.0. The fourth-order valence-electron chi connectivity index (χ4n) is 4.34. The third-order valence-electron chi connectivity index (χ3n) is 6.14. The molecule has 0 radical (unpaired) electrons.